The zero-order valence-electron chi connectivity index (χ0n) is 13.0. The van der Waals surface area contributed by atoms with Gasteiger partial charge in [0.2, 0.25) is 0 Å². The predicted octanol–water partition coefficient (Wildman–Crippen LogP) is 3.98. The van der Waals surface area contributed by atoms with Crippen LogP contribution in [0.1, 0.15) is 28.4 Å². The first-order valence-electron chi connectivity index (χ1n) is 7.09. The summed E-state index contributed by atoms with van der Waals surface area (Å²) in [5.41, 5.74) is 3.88. The molecule has 0 bridgehead atoms. The van der Waals surface area contributed by atoms with Crippen molar-refractivity contribution in [2.45, 2.75) is 20.8 Å². The number of carbonyl (C=O) groups excluding carboxylic acids is 1. The molecule has 0 unspecified atom stereocenters. The highest BCUT2D eigenvalue weighted by Crippen LogP contribution is 2.22. The van der Waals surface area contributed by atoms with Crippen LogP contribution < -0.4 is 9.64 Å². The molecule has 0 N–H and O–H groups in total. The number of methoxy groups -OCH3 is 1. The van der Waals surface area contributed by atoms with E-state index >= 15 is 0 Å². The van der Waals surface area contributed by atoms with Crippen LogP contribution in [0.4, 0.5) is 5.69 Å². The van der Waals surface area contributed by atoms with Crippen molar-refractivity contribution >= 4 is 11.6 Å². The Hall–Kier alpha value is -2.29. The Morgan fingerprint density at radius 1 is 1.10 bits per heavy atom. The lowest BCUT2D eigenvalue weighted by Gasteiger charge is -2.22. The summed E-state index contributed by atoms with van der Waals surface area (Å²) in [5.74, 6) is 0.679. The van der Waals surface area contributed by atoms with E-state index in [1.807, 2.05) is 51.1 Å². The molecule has 110 valence electrons. The van der Waals surface area contributed by atoms with Crippen molar-refractivity contribution < 1.29 is 9.53 Å². The summed E-state index contributed by atoms with van der Waals surface area (Å²) in [4.78, 5) is 14.5. The molecule has 0 spiro atoms. The molecule has 0 saturated heterocycles. The van der Waals surface area contributed by atoms with Gasteiger partial charge in [0.05, 0.1) is 7.11 Å². The van der Waals surface area contributed by atoms with Crippen LogP contribution in [0.15, 0.2) is 42.5 Å². The van der Waals surface area contributed by atoms with Crippen molar-refractivity contribution in [1.82, 2.24) is 0 Å². The van der Waals surface area contributed by atoms with Crippen LogP contribution in [-0.4, -0.2) is 19.6 Å². The number of rotatable bonds is 4. The average Bonchev–Trinajstić information content (AvgIpc) is 2.47. The largest absolute Gasteiger partial charge is 0.497 e. The highest BCUT2D eigenvalue weighted by Gasteiger charge is 2.17. The SMILES string of the molecule is CCN(C(=O)c1cccc(OC)c1)c1cc(C)cc(C)c1. The van der Waals surface area contributed by atoms with E-state index in [1.54, 1.807) is 18.1 Å². The zero-order chi connectivity index (χ0) is 15.4. The van der Waals surface area contributed by atoms with Crippen molar-refractivity contribution in [3.8, 4) is 5.75 Å². The first kappa shape index (κ1) is 15.1. The summed E-state index contributed by atoms with van der Waals surface area (Å²) < 4.78 is 5.19. The molecule has 0 saturated carbocycles. The molecule has 0 aliphatic carbocycles. The first-order chi connectivity index (χ1) is 10.0. The van der Waals surface area contributed by atoms with Crippen molar-refractivity contribution in [1.29, 1.82) is 0 Å². The number of hydrogen-bond donors (Lipinski definition) is 0. The molecule has 0 heterocycles. The summed E-state index contributed by atoms with van der Waals surface area (Å²) in [6.07, 6.45) is 0. The van der Waals surface area contributed by atoms with Crippen LogP contribution in [-0.2, 0) is 0 Å². The van der Waals surface area contributed by atoms with E-state index in [4.69, 9.17) is 4.74 Å². The summed E-state index contributed by atoms with van der Waals surface area (Å²) in [6.45, 7) is 6.69. The van der Waals surface area contributed by atoms with Gasteiger partial charge in [-0.3, -0.25) is 4.79 Å². The number of ether oxygens (including phenoxy) is 1. The number of carbonyl (C=O) groups is 1. The summed E-state index contributed by atoms with van der Waals surface area (Å²) >= 11 is 0. The number of benzene rings is 2. The van der Waals surface area contributed by atoms with Crippen LogP contribution in [0.2, 0.25) is 0 Å². The molecular formula is C18H21NO2. The van der Waals surface area contributed by atoms with Crippen LogP contribution in [0.25, 0.3) is 0 Å². The lowest BCUT2D eigenvalue weighted by atomic mass is 10.1. The normalized spacial score (nSPS) is 10.3. The minimum absolute atomic E-state index is 0.0126. The molecule has 0 fully saturated rings. The Labute approximate surface area is 126 Å². The molecule has 2 rings (SSSR count). The standard InChI is InChI=1S/C18H21NO2/c1-5-19(16-10-13(2)9-14(3)11-16)18(20)15-7-6-8-17(12-15)21-4/h6-12H,5H2,1-4H3. The third kappa shape index (κ3) is 3.43. The fraction of sp³-hybridized carbons (Fsp3) is 0.278. The van der Waals surface area contributed by atoms with Gasteiger partial charge in [-0.2, -0.15) is 0 Å². The molecule has 2 aromatic carbocycles. The maximum atomic E-state index is 12.7. The highest BCUT2D eigenvalue weighted by molar-refractivity contribution is 6.06. The lowest BCUT2D eigenvalue weighted by Crippen LogP contribution is -2.30. The molecule has 0 atom stereocenters. The number of hydrogen-bond acceptors (Lipinski definition) is 2. The molecule has 21 heavy (non-hydrogen) atoms. The third-order valence-electron chi connectivity index (χ3n) is 3.40. The summed E-state index contributed by atoms with van der Waals surface area (Å²) in [6, 6.07) is 13.4. The topological polar surface area (TPSA) is 29.5 Å². The molecule has 0 aliphatic rings. The third-order valence-corrected chi connectivity index (χ3v) is 3.40. The van der Waals surface area contributed by atoms with E-state index in [2.05, 4.69) is 6.07 Å². The van der Waals surface area contributed by atoms with Crippen molar-refractivity contribution in [2.75, 3.05) is 18.6 Å². The van der Waals surface area contributed by atoms with Gasteiger partial charge in [-0.1, -0.05) is 12.1 Å². The van der Waals surface area contributed by atoms with E-state index in [9.17, 15) is 4.79 Å². The fourth-order valence-corrected chi connectivity index (χ4v) is 2.46. The van der Waals surface area contributed by atoms with Crippen LogP contribution in [0.5, 0.6) is 5.75 Å². The van der Waals surface area contributed by atoms with Gasteiger partial charge in [0.15, 0.2) is 0 Å². The summed E-state index contributed by atoms with van der Waals surface area (Å²) in [5, 5.41) is 0. The maximum Gasteiger partial charge on any atom is 0.258 e. The number of amides is 1. The van der Waals surface area contributed by atoms with Crippen molar-refractivity contribution in [3.05, 3.63) is 59.2 Å². The van der Waals surface area contributed by atoms with Crippen molar-refractivity contribution in [3.63, 3.8) is 0 Å². The average molecular weight is 283 g/mol. The Morgan fingerprint density at radius 2 is 1.76 bits per heavy atom. The Bertz CT molecular complexity index is 629. The second-order valence-electron chi connectivity index (χ2n) is 5.13. The number of aryl methyl sites for hydroxylation is 2. The minimum Gasteiger partial charge on any atom is -0.497 e. The van der Waals surface area contributed by atoms with Gasteiger partial charge >= 0.3 is 0 Å². The predicted molar refractivity (Wildman–Crippen MR) is 86.3 cm³/mol. The Balaban J connectivity index is 2.37. The van der Waals surface area contributed by atoms with Gasteiger partial charge < -0.3 is 9.64 Å². The van der Waals surface area contributed by atoms with Crippen molar-refractivity contribution in [2.24, 2.45) is 0 Å². The molecule has 0 radical (unpaired) electrons. The van der Waals surface area contributed by atoms with Gasteiger partial charge in [0, 0.05) is 17.8 Å². The van der Waals surface area contributed by atoms with E-state index in [1.165, 1.54) is 0 Å². The lowest BCUT2D eigenvalue weighted by molar-refractivity contribution is 0.0988. The fourth-order valence-electron chi connectivity index (χ4n) is 2.46. The second kappa shape index (κ2) is 6.44. The van der Waals surface area contributed by atoms with Gasteiger partial charge in [0.25, 0.3) is 5.91 Å². The minimum atomic E-state index is -0.0126. The smallest absolute Gasteiger partial charge is 0.258 e. The number of anilines is 1. The van der Waals surface area contributed by atoms with Crippen LogP contribution in [0.3, 0.4) is 0 Å². The first-order valence-corrected chi connectivity index (χ1v) is 7.09. The molecule has 3 heteroatoms. The molecule has 2 aromatic rings. The van der Waals surface area contributed by atoms with Crippen LogP contribution >= 0.6 is 0 Å². The molecule has 0 aromatic heterocycles. The monoisotopic (exact) mass is 283 g/mol. The Kier molecular flexibility index (Phi) is 4.63. The van der Waals surface area contributed by atoms with Gasteiger partial charge in [-0.15, -0.1) is 0 Å². The summed E-state index contributed by atoms with van der Waals surface area (Å²) in [7, 11) is 1.60. The van der Waals surface area contributed by atoms with Gasteiger partial charge in [-0.25, -0.2) is 0 Å². The molecule has 3 nitrogen and oxygen atoms in total. The van der Waals surface area contributed by atoms with E-state index < -0.39 is 0 Å². The molecular weight excluding hydrogens is 262 g/mol. The van der Waals surface area contributed by atoms with Gasteiger partial charge in [0.1, 0.15) is 5.75 Å². The molecule has 1 amide bonds. The molecule has 0 aliphatic heterocycles. The van der Waals surface area contributed by atoms with Gasteiger partial charge in [-0.05, 0) is 62.2 Å². The zero-order valence-corrected chi connectivity index (χ0v) is 13.0. The number of nitrogens with zero attached hydrogens (tertiary/aromatic N) is 1. The van der Waals surface area contributed by atoms with E-state index in [0.29, 0.717) is 17.9 Å². The Morgan fingerprint density at radius 3 is 2.33 bits per heavy atom. The second-order valence-corrected chi connectivity index (χ2v) is 5.13. The quantitative estimate of drug-likeness (QED) is 0.849. The highest BCUT2D eigenvalue weighted by atomic mass is 16.5. The van der Waals surface area contributed by atoms with E-state index in [0.717, 1.165) is 16.8 Å². The van der Waals surface area contributed by atoms with E-state index in [-0.39, 0.29) is 5.91 Å². The van der Waals surface area contributed by atoms with Crippen LogP contribution in [0, 0.1) is 13.8 Å². The maximum absolute atomic E-state index is 12.7.